The van der Waals surface area contributed by atoms with Crippen molar-refractivity contribution in [1.82, 2.24) is 0 Å². The summed E-state index contributed by atoms with van der Waals surface area (Å²) in [6, 6.07) is 0.854. The van der Waals surface area contributed by atoms with E-state index >= 15 is 0 Å². The lowest BCUT2D eigenvalue weighted by Crippen LogP contribution is -2.28. The highest BCUT2D eigenvalue weighted by molar-refractivity contribution is 6.71. The van der Waals surface area contributed by atoms with E-state index in [2.05, 4.69) is 13.1 Å². The number of aliphatic carboxylic acids is 2. The minimum atomic E-state index is -1.66. The van der Waals surface area contributed by atoms with Crippen LogP contribution in [0.25, 0.3) is 0 Å². The van der Waals surface area contributed by atoms with Crippen molar-refractivity contribution < 1.29 is 24.2 Å². The second-order valence-corrected chi connectivity index (χ2v) is 8.92. The van der Waals surface area contributed by atoms with E-state index in [0.717, 1.165) is 6.04 Å². The van der Waals surface area contributed by atoms with E-state index in [9.17, 15) is 9.59 Å². The Balaban J connectivity index is 4.04. The Bertz CT molecular complexity index is 252. The highest BCUT2D eigenvalue weighted by atomic mass is 28.4. The fraction of sp³-hybridized carbons (Fsp3) is 0.800. The van der Waals surface area contributed by atoms with Crippen LogP contribution >= 0.6 is 0 Å². The number of carboxylic acid groups (broad SMARTS) is 2. The zero-order valence-corrected chi connectivity index (χ0v) is 11.0. The predicted molar refractivity (Wildman–Crippen MR) is 61.9 cm³/mol. The number of hydrogen-bond donors (Lipinski definition) is 2. The van der Waals surface area contributed by atoms with Gasteiger partial charge in [-0.1, -0.05) is 6.42 Å². The van der Waals surface area contributed by atoms with Gasteiger partial charge in [-0.3, -0.25) is 9.59 Å². The van der Waals surface area contributed by atoms with Gasteiger partial charge in [0.2, 0.25) is 0 Å². The molecule has 94 valence electrons. The molecule has 0 aromatic rings. The van der Waals surface area contributed by atoms with Gasteiger partial charge in [0.1, 0.15) is 0 Å². The van der Waals surface area contributed by atoms with Gasteiger partial charge >= 0.3 is 11.9 Å². The Morgan fingerprint density at radius 1 is 1.31 bits per heavy atom. The van der Waals surface area contributed by atoms with Crippen molar-refractivity contribution in [2.75, 3.05) is 7.11 Å². The molecule has 0 aromatic heterocycles. The quantitative estimate of drug-likeness (QED) is 0.640. The lowest BCUT2D eigenvalue weighted by molar-refractivity contribution is -0.148. The molecule has 0 amide bonds. The Kier molecular flexibility index (Phi) is 6.28. The zero-order chi connectivity index (χ0) is 12.8. The van der Waals surface area contributed by atoms with Crippen LogP contribution < -0.4 is 0 Å². The van der Waals surface area contributed by atoms with E-state index in [0.29, 0.717) is 12.8 Å². The standard InChI is InChI=1S/C10H20O5Si/c1-15-16(2,3)6-4-5-8(10(13)14)7-9(11)12/h8H,4-7H2,1-3H3,(H,11,12)(H,13,14). The first-order valence-electron chi connectivity index (χ1n) is 5.28. The van der Waals surface area contributed by atoms with E-state index in [1.807, 2.05) is 0 Å². The summed E-state index contributed by atoms with van der Waals surface area (Å²) >= 11 is 0. The summed E-state index contributed by atoms with van der Waals surface area (Å²) in [6.45, 7) is 4.11. The molecule has 0 aliphatic heterocycles. The monoisotopic (exact) mass is 248 g/mol. The molecule has 0 aliphatic rings. The number of hydrogen-bond acceptors (Lipinski definition) is 3. The molecule has 16 heavy (non-hydrogen) atoms. The summed E-state index contributed by atoms with van der Waals surface area (Å²) in [5, 5.41) is 17.4. The van der Waals surface area contributed by atoms with Crippen LogP contribution in [0.1, 0.15) is 19.3 Å². The predicted octanol–water partition coefficient (Wildman–Crippen LogP) is 1.79. The molecule has 6 heteroatoms. The van der Waals surface area contributed by atoms with Crippen LogP contribution in [0.2, 0.25) is 19.1 Å². The molecule has 0 aromatic carbocycles. The van der Waals surface area contributed by atoms with E-state index in [-0.39, 0.29) is 6.42 Å². The van der Waals surface area contributed by atoms with Gasteiger partial charge in [0.25, 0.3) is 0 Å². The molecule has 0 spiro atoms. The van der Waals surface area contributed by atoms with Crippen molar-refractivity contribution in [2.45, 2.75) is 38.4 Å². The fourth-order valence-corrected chi connectivity index (χ4v) is 2.66. The number of carbonyl (C=O) groups is 2. The van der Waals surface area contributed by atoms with Crippen molar-refractivity contribution in [2.24, 2.45) is 5.92 Å². The Morgan fingerprint density at radius 2 is 1.88 bits per heavy atom. The zero-order valence-electron chi connectivity index (χ0n) is 10.0. The third-order valence-electron chi connectivity index (χ3n) is 2.65. The summed E-state index contributed by atoms with van der Waals surface area (Å²) in [5.41, 5.74) is 0. The smallest absolute Gasteiger partial charge is 0.307 e. The maximum absolute atomic E-state index is 10.8. The number of carboxylic acids is 2. The lowest BCUT2D eigenvalue weighted by Gasteiger charge is -2.20. The highest BCUT2D eigenvalue weighted by Gasteiger charge is 2.24. The molecule has 0 saturated heterocycles. The van der Waals surface area contributed by atoms with Gasteiger partial charge in [0.05, 0.1) is 12.3 Å². The van der Waals surface area contributed by atoms with E-state index in [1.54, 1.807) is 7.11 Å². The third-order valence-corrected chi connectivity index (χ3v) is 5.32. The van der Waals surface area contributed by atoms with Crippen LogP contribution in [0.4, 0.5) is 0 Å². The highest BCUT2D eigenvalue weighted by Crippen LogP contribution is 2.19. The fourth-order valence-electron chi connectivity index (χ4n) is 1.40. The second kappa shape index (κ2) is 6.65. The first kappa shape index (κ1) is 15.1. The van der Waals surface area contributed by atoms with Gasteiger partial charge in [-0.25, -0.2) is 0 Å². The van der Waals surface area contributed by atoms with Crippen molar-refractivity contribution in [3.05, 3.63) is 0 Å². The van der Waals surface area contributed by atoms with Gasteiger partial charge in [-0.05, 0) is 25.6 Å². The van der Waals surface area contributed by atoms with Gasteiger partial charge < -0.3 is 14.6 Å². The van der Waals surface area contributed by atoms with E-state index in [1.165, 1.54) is 0 Å². The molecular weight excluding hydrogens is 228 g/mol. The van der Waals surface area contributed by atoms with Gasteiger partial charge in [-0.2, -0.15) is 0 Å². The molecule has 0 fully saturated rings. The average Bonchev–Trinajstić information content (AvgIpc) is 2.15. The summed E-state index contributed by atoms with van der Waals surface area (Å²) < 4.78 is 5.34. The van der Waals surface area contributed by atoms with Crippen LogP contribution in [0, 0.1) is 5.92 Å². The molecule has 5 nitrogen and oxygen atoms in total. The van der Waals surface area contributed by atoms with Crippen LogP contribution in [0.3, 0.4) is 0 Å². The van der Waals surface area contributed by atoms with Gasteiger partial charge in [-0.15, -0.1) is 0 Å². The van der Waals surface area contributed by atoms with E-state index < -0.39 is 26.2 Å². The van der Waals surface area contributed by atoms with E-state index in [4.69, 9.17) is 14.6 Å². The molecule has 1 unspecified atom stereocenters. The van der Waals surface area contributed by atoms with Crippen LogP contribution in [-0.4, -0.2) is 37.6 Å². The van der Waals surface area contributed by atoms with Crippen molar-refractivity contribution in [1.29, 1.82) is 0 Å². The lowest BCUT2D eigenvalue weighted by atomic mass is 10.0. The molecule has 2 N–H and O–H groups in total. The van der Waals surface area contributed by atoms with Gasteiger partial charge in [0.15, 0.2) is 8.32 Å². The summed E-state index contributed by atoms with van der Waals surface area (Å²) in [5.74, 6) is -2.87. The maximum Gasteiger partial charge on any atom is 0.307 e. The normalized spacial score (nSPS) is 13.4. The van der Waals surface area contributed by atoms with Crippen LogP contribution in [0.5, 0.6) is 0 Å². The average molecular weight is 248 g/mol. The molecule has 0 heterocycles. The molecule has 1 atom stereocenters. The molecule has 0 aliphatic carbocycles. The van der Waals surface area contributed by atoms with Crippen molar-refractivity contribution in [3.63, 3.8) is 0 Å². The van der Waals surface area contributed by atoms with Gasteiger partial charge in [0, 0.05) is 7.11 Å². The molecule has 0 saturated carbocycles. The molecule has 0 rings (SSSR count). The summed E-state index contributed by atoms with van der Waals surface area (Å²) in [4.78, 5) is 21.2. The first-order chi connectivity index (χ1) is 7.28. The third kappa shape index (κ3) is 6.57. The molecule has 0 bridgehead atoms. The SMILES string of the molecule is CO[Si](C)(C)CCCC(CC(=O)O)C(=O)O. The Hall–Kier alpha value is -0.883. The minimum absolute atomic E-state index is 0.301. The Morgan fingerprint density at radius 3 is 2.25 bits per heavy atom. The van der Waals surface area contributed by atoms with Crippen molar-refractivity contribution >= 4 is 20.3 Å². The Labute approximate surface area is 96.6 Å². The second-order valence-electron chi connectivity index (χ2n) is 4.49. The summed E-state index contributed by atoms with van der Waals surface area (Å²) in [7, 11) is 0.00564. The maximum atomic E-state index is 10.8. The molecule has 0 radical (unpaired) electrons. The largest absolute Gasteiger partial charge is 0.481 e. The topological polar surface area (TPSA) is 83.8 Å². The number of rotatable bonds is 8. The van der Waals surface area contributed by atoms with Crippen LogP contribution in [0.15, 0.2) is 0 Å². The minimum Gasteiger partial charge on any atom is -0.481 e. The first-order valence-corrected chi connectivity index (χ1v) is 8.40. The van der Waals surface area contributed by atoms with Crippen LogP contribution in [-0.2, 0) is 14.0 Å². The molecular formula is C10H20O5Si. The van der Waals surface area contributed by atoms with Crippen molar-refractivity contribution in [3.8, 4) is 0 Å². The summed E-state index contributed by atoms with van der Waals surface area (Å²) in [6.07, 6.45) is 0.809.